The molecule has 7 nitrogen and oxygen atoms in total. The average Bonchev–Trinajstić information content (AvgIpc) is 3.17. The lowest BCUT2D eigenvalue weighted by Gasteiger charge is -2.15. The number of rotatable bonds is 5. The molecule has 1 aliphatic rings. The van der Waals surface area contributed by atoms with Crippen LogP contribution in [0.5, 0.6) is 0 Å². The molecule has 1 aromatic carbocycles. The van der Waals surface area contributed by atoms with Gasteiger partial charge in [0.1, 0.15) is 18.7 Å². The van der Waals surface area contributed by atoms with E-state index < -0.39 is 17.9 Å². The van der Waals surface area contributed by atoms with Gasteiger partial charge in [-0.1, -0.05) is 12.1 Å². The van der Waals surface area contributed by atoms with Crippen molar-refractivity contribution >= 4 is 11.9 Å². The Bertz CT molecular complexity index is 665. The molecule has 1 heterocycles. The number of amides is 1. The Morgan fingerprint density at radius 3 is 2.71 bits per heavy atom. The third-order valence-corrected chi connectivity index (χ3v) is 3.46. The molecule has 1 saturated carbocycles. The summed E-state index contributed by atoms with van der Waals surface area (Å²) in [7, 11) is 0. The second kappa shape index (κ2) is 5.35. The van der Waals surface area contributed by atoms with E-state index in [1.165, 1.54) is 17.3 Å². The Balaban J connectivity index is 1.86. The maximum absolute atomic E-state index is 12.4. The predicted molar refractivity (Wildman–Crippen MR) is 73.0 cm³/mol. The molecule has 1 atom stereocenters. The van der Waals surface area contributed by atoms with Gasteiger partial charge in [-0.15, -0.1) is 0 Å². The van der Waals surface area contributed by atoms with Crippen molar-refractivity contribution in [2.45, 2.75) is 18.9 Å². The van der Waals surface area contributed by atoms with Gasteiger partial charge in [-0.05, 0) is 30.9 Å². The molecule has 1 fully saturated rings. The number of aromatic nitrogens is 3. The van der Waals surface area contributed by atoms with Crippen molar-refractivity contribution in [3.05, 3.63) is 42.5 Å². The minimum absolute atomic E-state index is 0.0324. The third kappa shape index (κ3) is 2.76. The largest absolute Gasteiger partial charge is 0.480 e. The molecule has 0 bridgehead atoms. The van der Waals surface area contributed by atoms with Crippen LogP contribution in [0.4, 0.5) is 0 Å². The summed E-state index contributed by atoms with van der Waals surface area (Å²) in [6.07, 6.45) is 4.53. The van der Waals surface area contributed by atoms with E-state index in [0.717, 1.165) is 12.8 Å². The summed E-state index contributed by atoms with van der Waals surface area (Å²) in [4.78, 5) is 27.4. The van der Waals surface area contributed by atoms with Crippen LogP contribution in [0.15, 0.2) is 36.9 Å². The quantitative estimate of drug-likeness (QED) is 0.849. The highest BCUT2D eigenvalue weighted by molar-refractivity contribution is 5.99. The van der Waals surface area contributed by atoms with Crippen molar-refractivity contribution < 1.29 is 14.7 Å². The van der Waals surface area contributed by atoms with Gasteiger partial charge in [0.05, 0.1) is 11.3 Å². The van der Waals surface area contributed by atoms with Crippen LogP contribution in [-0.2, 0) is 4.79 Å². The first kappa shape index (κ1) is 13.3. The lowest BCUT2D eigenvalue weighted by Crippen LogP contribution is -2.42. The van der Waals surface area contributed by atoms with E-state index in [1.807, 2.05) is 0 Å². The van der Waals surface area contributed by atoms with Gasteiger partial charge in [-0.2, -0.15) is 5.10 Å². The zero-order valence-corrected chi connectivity index (χ0v) is 11.1. The first-order valence-electron chi connectivity index (χ1n) is 6.64. The molecule has 7 heteroatoms. The number of carbonyl (C=O) groups excluding carboxylic acids is 1. The number of carboxylic acids is 1. The van der Waals surface area contributed by atoms with Crippen LogP contribution in [0.2, 0.25) is 0 Å². The van der Waals surface area contributed by atoms with Gasteiger partial charge in [0.2, 0.25) is 0 Å². The fourth-order valence-corrected chi connectivity index (χ4v) is 2.23. The molecule has 1 amide bonds. The molecule has 0 aliphatic heterocycles. The maximum atomic E-state index is 12.4. The molecule has 2 N–H and O–H groups in total. The Hall–Kier alpha value is -2.70. The van der Waals surface area contributed by atoms with E-state index in [-0.39, 0.29) is 5.92 Å². The van der Waals surface area contributed by atoms with Gasteiger partial charge in [-0.25, -0.2) is 14.5 Å². The van der Waals surface area contributed by atoms with Gasteiger partial charge in [0.15, 0.2) is 0 Å². The number of nitrogens with zero attached hydrogens (tertiary/aromatic N) is 3. The lowest BCUT2D eigenvalue weighted by atomic mass is 10.1. The summed E-state index contributed by atoms with van der Waals surface area (Å²) >= 11 is 0. The molecule has 21 heavy (non-hydrogen) atoms. The molecule has 3 rings (SSSR count). The number of aliphatic carboxylic acids is 1. The summed E-state index contributed by atoms with van der Waals surface area (Å²) in [5.41, 5.74) is 0.933. The van der Waals surface area contributed by atoms with Gasteiger partial charge in [-0.3, -0.25) is 4.79 Å². The van der Waals surface area contributed by atoms with E-state index in [9.17, 15) is 14.7 Å². The van der Waals surface area contributed by atoms with Crippen molar-refractivity contribution in [2.75, 3.05) is 0 Å². The van der Waals surface area contributed by atoms with E-state index >= 15 is 0 Å². The molecule has 1 aromatic heterocycles. The lowest BCUT2D eigenvalue weighted by molar-refractivity contribution is -0.139. The van der Waals surface area contributed by atoms with Crippen LogP contribution in [0, 0.1) is 5.92 Å². The van der Waals surface area contributed by atoms with Crippen LogP contribution in [0.3, 0.4) is 0 Å². The van der Waals surface area contributed by atoms with Crippen LogP contribution in [0.1, 0.15) is 23.2 Å². The number of para-hydroxylation sites is 1. The van der Waals surface area contributed by atoms with Gasteiger partial charge in [0.25, 0.3) is 5.91 Å². The normalized spacial score (nSPS) is 15.4. The molecule has 108 valence electrons. The topological polar surface area (TPSA) is 97.1 Å². The molecular weight excluding hydrogens is 272 g/mol. The molecule has 0 saturated heterocycles. The van der Waals surface area contributed by atoms with Crippen molar-refractivity contribution in [2.24, 2.45) is 5.92 Å². The van der Waals surface area contributed by atoms with Crippen molar-refractivity contribution in [3.63, 3.8) is 0 Å². The highest BCUT2D eigenvalue weighted by Crippen LogP contribution is 2.33. The number of carboxylic acid groups (broad SMARTS) is 1. The fraction of sp³-hybridized carbons (Fsp3) is 0.286. The molecular formula is C14H14N4O3. The monoisotopic (exact) mass is 286 g/mol. The summed E-state index contributed by atoms with van der Waals surface area (Å²) < 4.78 is 1.47. The van der Waals surface area contributed by atoms with E-state index in [2.05, 4.69) is 15.4 Å². The number of nitrogens with one attached hydrogen (secondary N) is 1. The van der Waals surface area contributed by atoms with Crippen molar-refractivity contribution in [3.8, 4) is 5.69 Å². The van der Waals surface area contributed by atoms with Gasteiger partial charge < -0.3 is 10.4 Å². The third-order valence-electron chi connectivity index (χ3n) is 3.46. The van der Waals surface area contributed by atoms with E-state index in [4.69, 9.17) is 0 Å². The second-order valence-corrected chi connectivity index (χ2v) is 4.98. The van der Waals surface area contributed by atoms with Crippen LogP contribution >= 0.6 is 0 Å². The summed E-state index contributed by atoms with van der Waals surface area (Å²) in [6, 6.07) is 6.04. The Labute approximate surface area is 120 Å². The zero-order chi connectivity index (χ0) is 14.8. The highest BCUT2D eigenvalue weighted by Gasteiger charge is 2.37. The van der Waals surface area contributed by atoms with E-state index in [0.29, 0.717) is 11.3 Å². The Morgan fingerprint density at radius 1 is 1.33 bits per heavy atom. The predicted octanol–water partition coefficient (Wildman–Crippen LogP) is 0.860. The molecule has 1 aliphatic carbocycles. The second-order valence-electron chi connectivity index (χ2n) is 4.98. The first-order chi connectivity index (χ1) is 10.2. The number of hydrogen-bond donors (Lipinski definition) is 2. The number of benzene rings is 1. The summed E-state index contributed by atoms with van der Waals surface area (Å²) in [5.74, 6) is -1.38. The minimum Gasteiger partial charge on any atom is -0.480 e. The fourth-order valence-electron chi connectivity index (χ4n) is 2.23. The minimum atomic E-state index is -0.996. The number of carbonyl (C=O) groups is 2. The summed E-state index contributed by atoms with van der Waals surface area (Å²) in [5, 5.41) is 15.8. The smallest absolute Gasteiger partial charge is 0.326 e. The van der Waals surface area contributed by atoms with Crippen molar-refractivity contribution in [1.82, 2.24) is 20.1 Å². The van der Waals surface area contributed by atoms with Crippen LogP contribution in [-0.4, -0.2) is 37.8 Å². The molecule has 0 spiro atoms. The standard InChI is InChI=1S/C14H14N4O3/c19-13(17-12(14(20)21)9-5-6-9)10-3-1-2-4-11(10)18-8-15-7-16-18/h1-4,7-9,12H,5-6H2,(H,17,19)(H,20,21)/t12-/m0/s1. The average molecular weight is 286 g/mol. The van der Waals surface area contributed by atoms with Crippen molar-refractivity contribution in [1.29, 1.82) is 0 Å². The van der Waals surface area contributed by atoms with Crippen LogP contribution < -0.4 is 5.32 Å². The molecule has 0 radical (unpaired) electrons. The molecule has 0 unspecified atom stereocenters. The Morgan fingerprint density at radius 2 is 2.10 bits per heavy atom. The van der Waals surface area contributed by atoms with Gasteiger partial charge >= 0.3 is 5.97 Å². The summed E-state index contributed by atoms with van der Waals surface area (Å²) in [6.45, 7) is 0. The van der Waals surface area contributed by atoms with E-state index in [1.54, 1.807) is 24.3 Å². The first-order valence-corrected chi connectivity index (χ1v) is 6.64. The maximum Gasteiger partial charge on any atom is 0.326 e. The Kier molecular flexibility index (Phi) is 3.39. The highest BCUT2D eigenvalue weighted by atomic mass is 16.4. The zero-order valence-electron chi connectivity index (χ0n) is 11.1. The SMILES string of the molecule is O=C(N[C@H](C(=O)O)C1CC1)c1ccccc1-n1cncn1. The van der Waals surface area contributed by atoms with Crippen LogP contribution in [0.25, 0.3) is 5.69 Å². The number of hydrogen-bond acceptors (Lipinski definition) is 4. The van der Waals surface area contributed by atoms with Gasteiger partial charge in [0, 0.05) is 0 Å². The molecule has 2 aromatic rings.